The van der Waals surface area contributed by atoms with Gasteiger partial charge < -0.3 is 9.84 Å². The molecule has 0 aliphatic carbocycles. The number of benzene rings is 2. The van der Waals surface area contributed by atoms with Crippen molar-refractivity contribution >= 4 is 12.1 Å². The minimum Gasteiger partial charge on any atom is -0.489 e. The van der Waals surface area contributed by atoms with E-state index in [1.54, 1.807) is 13.0 Å². The van der Waals surface area contributed by atoms with Gasteiger partial charge in [-0.15, -0.1) is 0 Å². The highest BCUT2D eigenvalue weighted by molar-refractivity contribution is 6.33. The van der Waals surface area contributed by atoms with E-state index < -0.39 is 11.9 Å². The number of rotatable bonds is 6. The van der Waals surface area contributed by atoms with Crippen LogP contribution in [0.15, 0.2) is 48.5 Å². The molecule has 108 valence electrons. The lowest BCUT2D eigenvalue weighted by molar-refractivity contribution is -0.104. The maximum atomic E-state index is 11.4. The van der Waals surface area contributed by atoms with E-state index in [0.29, 0.717) is 17.9 Å². The van der Waals surface area contributed by atoms with E-state index in [9.17, 15) is 14.7 Å². The number of aliphatic hydroxyl groups excluding tert-OH is 1. The SMILES string of the molecule is C[C@H](O)c1cc(C(=O)C=O)ccc1OCc1ccccc1. The summed E-state index contributed by atoms with van der Waals surface area (Å²) in [5.74, 6) is -0.122. The Morgan fingerprint density at radius 1 is 1.24 bits per heavy atom. The molecule has 0 saturated heterocycles. The lowest BCUT2D eigenvalue weighted by Gasteiger charge is -2.14. The highest BCUT2D eigenvalue weighted by Gasteiger charge is 2.13. The van der Waals surface area contributed by atoms with Crippen LogP contribution in [-0.4, -0.2) is 17.2 Å². The van der Waals surface area contributed by atoms with Gasteiger partial charge in [-0.2, -0.15) is 0 Å². The Morgan fingerprint density at radius 3 is 2.57 bits per heavy atom. The molecular formula is C17H16O4. The smallest absolute Gasteiger partial charge is 0.225 e. The van der Waals surface area contributed by atoms with Gasteiger partial charge in [-0.1, -0.05) is 30.3 Å². The van der Waals surface area contributed by atoms with E-state index in [4.69, 9.17) is 4.74 Å². The monoisotopic (exact) mass is 284 g/mol. The number of carbonyl (C=O) groups is 2. The van der Waals surface area contributed by atoms with Crippen LogP contribution in [0.1, 0.15) is 34.5 Å². The summed E-state index contributed by atoms with van der Waals surface area (Å²) in [6.07, 6.45) is -0.541. The van der Waals surface area contributed by atoms with Crippen LogP contribution in [-0.2, 0) is 11.4 Å². The van der Waals surface area contributed by atoms with E-state index in [2.05, 4.69) is 0 Å². The molecule has 0 aromatic heterocycles. The summed E-state index contributed by atoms with van der Waals surface area (Å²) in [5.41, 5.74) is 1.73. The van der Waals surface area contributed by atoms with Crippen molar-refractivity contribution in [1.29, 1.82) is 0 Å². The van der Waals surface area contributed by atoms with E-state index in [0.717, 1.165) is 5.56 Å². The second-order valence-electron chi connectivity index (χ2n) is 4.68. The number of ether oxygens (including phenoxy) is 1. The molecule has 4 heteroatoms. The fraction of sp³-hybridized carbons (Fsp3) is 0.176. The Hall–Kier alpha value is -2.46. The first-order valence-electron chi connectivity index (χ1n) is 6.60. The molecule has 21 heavy (non-hydrogen) atoms. The number of hydrogen-bond donors (Lipinski definition) is 1. The van der Waals surface area contributed by atoms with Gasteiger partial charge in [-0.05, 0) is 30.7 Å². The van der Waals surface area contributed by atoms with Crippen LogP contribution in [0.2, 0.25) is 0 Å². The second kappa shape index (κ2) is 6.81. The number of carbonyl (C=O) groups excluding carboxylic acids is 2. The minimum atomic E-state index is -0.796. The molecule has 2 aromatic rings. The van der Waals surface area contributed by atoms with Gasteiger partial charge in [-0.3, -0.25) is 9.59 Å². The molecular weight excluding hydrogens is 268 g/mol. The largest absolute Gasteiger partial charge is 0.489 e. The molecule has 0 saturated carbocycles. The summed E-state index contributed by atoms with van der Waals surface area (Å²) in [5, 5.41) is 9.80. The van der Waals surface area contributed by atoms with Crippen molar-refractivity contribution in [2.24, 2.45) is 0 Å². The van der Waals surface area contributed by atoms with Crippen molar-refractivity contribution in [3.63, 3.8) is 0 Å². The van der Waals surface area contributed by atoms with Crippen LogP contribution in [0.25, 0.3) is 0 Å². The van der Waals surface area contributed by atoms with E-state index in [1.807, 2.05) is 30.3 Å². The van der Waals surface area contributed by atoms with Crippen LogP contribution in [0.3, 0.4) is 0 Å². The average molecular weight is 284 g/mol. The predicted molar refractivity (Wildman–Crippen MR) is 78.2 cm³/mol. The molecule has 4 nitrogen and oxygen atoms in total. The molecule has 1 N–H and O–H groups in total. The molecule has 0 aliphatic heterocycles. The predicted octanol–water partition coefficient (Wildman–Crippen LogP) is 2.70. The molecule has 0 fully saturated rings. The van der Waals surface area contributed by atoms with Gasteiger partial charge in [0.1, 0.15) is 12.4 Å². The molecule has 0 amide bonds. The number of ketones is 1. The summed E-state index contributed by atoms with van der Waals surface area (Å²) in [6.45, 7) is 1.95. The van der Waals surface area contributed by atoms with Gasteiger partial charge in [-0.25, -0.2) is 0 Å². The molecule has 0 bridgehead atoms. The lowest BCUT2D eigenvalue weighted by atomic mass is 10.0. The molecule has 2 rings (SSSR count). The van der Waals surface area contributed by atoms with Gasteiger partial charge in [0.05, 0.1) is 6.10 Å². The molecule has 2 aromatic carbocycles. The summed E-state index contributed by atoms with van der Waals surface area (Å²) in [6, 6.07) is 14.2. The zero-order valence-corrected chi connectivity index (χ0v) is 11.7. The Kier molecular flexibility index (Phi) is 4.85. The van der Waals surface area contributed by atoms with E-state index >= 15 is 0 Å². The highest BCUT2D eigenvalue weighted by Crippen LogP contribution is 2.27. The number of aldehydes is 1. The van der Waals surface area contributed by atoms with Gasteiger partial charge in [0, 0.05) is 11.1 Å². The first-order chi connectivity index (χ1) is 10.1. The van der Waals surface area contributed by atoms with E-state index in [-0.39, 0.29) is 11.8 Å². The van der Waals surface area contributed by atoms with Gasteiger partial charge in [0.2, 0.25) is 5.78 Å². The standard InChI is InChI=1S/C17H16O4/c1-12(19)15-9-14(16(20)10-18)7-8-17(15)21-11-13-5-3-2-4-6-13/h2-10,12,19H,11H2,1H3/t12-/m0/s1. The Morgan fingerprint density at radius 2 is 1.95 bits per heavy atom. The molecule has 0 heterocycles. The van der Waals surface area contributed by atoms with Gasteiger partial charge in [0.25, 0.3) is 0 Å². The summed E-state index contributed by atoms with van der Waals surface area (Å²) < 4.78 is 5.69. The van der Waals surface area contributed by atoms with Crippen molar-refractivity contribution in [2.45, 2.75) is 19.6 Å². The maximum absolute atomic E-state index is 11.4. The van der Waals surface area contributed by atoms with Gasteiger partial charge in [0.15, 0.2) is 6.29 Å². The normalized spacial score (nSPS) is 11.7. The first-order valence-corrected chi connectivity index (χ1v) is 6.60. The fourth-order valence-corrected chi connectivity index (χ4v) is 1.96. The first kappa shape index (κ1) is 14.9. The third-order valence-corrected chi connectivity index (χ3v) is 3.09. The Bertz CT molecular complexity index is 632. The number of aliphatic hydroxyl groups is 1. The molecule has 0 unspecified atom stereocenters. The van der Waals surface area contributed by atoms with Crippen molar-refractivity contribution in [3.8, 4) is 5.75 Å². The highest BCUT2D eigenvalue weighted by atomic mass is 16.5. The Balaban J connectivity index is 2.22. The minimum absolute atomic E-state index is 0.243. The second-order valence-corrected chi connectivity index (χ2v) is 4.68. The fourth-order valence-electron chi connectivity index (χ4n) is 1.96. The molecule has 0 spiro atoms. The summed E-state index contributed by atoms with van der Waals surface area (Å²) in [4.78, 5) is 21.9. The third-order valence-electron chi connectivity index (χ3n) is 3.09. The maximum Gasteiger partial charge on any atom is 0.225 e. The van der Waals surface area contributed by atoms with Crippen molar-refractivity contribution in [1.82, 2.24) is 0 Å². The molecule has 0 radical (unpaired) electrons. The zero-order valence-electron chi connectivity index (χ0n) is 11.7. The number of hydrogen-bond acceptors (Lipinski definition) is 4. The zero-order chi connectivity index (χ0) is 15.2. The van der Waals surface area contributed by atoms with Crippen LogP contribution in [0, 0.1) is 0 Å². The van der Waals surface area contributed by atoms with Crippen LogP contribution >= 0.6 is 0 Å². The number of Topliss-reactive ketones (excluding diaryl/α,β-unsaturated/α-hetero) is 1. The Labute approximate surface area is 123 Å². The molecule has 0 aliphatic rings. The summed E-state index contributed by atoms with van der Waals surface area (Å²) in [7, 11) is 0. The lowest BCUT2D eigenvalue weighted by Crippen LogP contribution is -2.05. The van der Waals surface area contributed by atoms with Gasteiger partial charge >= 0.3 is 0 Å². The van der Waals surface area contributed by atoms with Crippen LogP contribution < -0.4 is 4.74 Å². The van der Waals surface area contributed by atoms with Crippen molar-refractivity contribution in [2.75, 3.05) is 0 Å². The quantitative estimate of drug-likeness (QED) is 0.503. The topological polar surface area (TPSA) is 63.6 Å². The summed E-state index contributed by atoms with van der Waals surface area (Å²) >= 11 is 0. The van der Waals surface area contributed by atoms with Crippen molar-refractivity contribution in [3.05, 3.63) is 65.2 Å². The van der Waals surface area contributed by atoms with Crippen LogP contribution in [0.4, 0.5) is 0 Å². The average Bonchev–Trinajstić information content (AvgIpc) is 2.52. The van der Waals surface area contributed by atoms with E-state index in [1.165, 1.54) is 12.1 Å². The molecule has 1 atom stereocenters. The van der Waals surface area contributed by atoms with Crippen LogP contribution in [0.5, 0.6) is 5.75 Å². The van der Waals surface area contributed by atoms with Crippen molar-refractivity contribution < 1.29 is 19.4 Å². The third kappa shape index (κ3) is 3.77.